The Morgan fingerprint density at radius 2 is 1.62 bits per heavy atom. The Morgan fingerprint density at radius 1 is 1.00 bits per heavy atom. The van der Waals surface area contributed by atoms with Gasteiger partial charge in [0.15, 0.2) is 9.84 Å². The minimum Gasteiger partial charge on any atom is -0.364 e. The molecule has 1 aromatic heterocycles. The van der Waals surface area contributed by atoms with Gasteiger partial charge in [-0.25, -0.2) is 13.4 Å². The predicted molar refractivity (Wildman–Crippen MR) is 113 cm³/mol. The largest absolute Gasteiger partial charge is 0.364 e. The molecule has 0 bridgehead atoms. The number of benzene rings is 2. The van der Waals surface area contributed by atoms with Crippen LogP contribution < -0.4 is 4.90 Å². The van der Waals surface area contributed by atoms with E-state index in [1.165, 1.54) is 6.26 Å². The zero-order valence-corrected chi connectivity index (χ0v) is 17.1. The van der Waals surface area contributed by atoms with Crippen LogP contribution >= 0.6 is 11.6 Å². The van der Waals surface area contributed by atoms with E-state index in [1.807, 2.05) is 17.0 Å². The van der Waals surface area contributed by atoms with Crippen molar-refractivity contribution in [2.75, 3.05) is 17.7 Å². The van der Waals surface area contributed by atoms with Gasteiger partial charge >= 0.3 is 0 Å². The van der Waals surface area contributed by atoms with Gasteiger partial charge in [0, 0.05) is 40.5 Å². The van der Waals surface area contributed by atoms with E-state index in [0.29, 0.717) is 16.4 Å². The fourth-order valence-corrected chi connectivity index (χ4v) is 4.00. The number of aromatic nitrogens is 1. The van der Waals surface area contributed by atoms with Crippen molar-refractivity contribution in [3.8, 4) is 0 Å². The molecule has 0 amide bonds. The summed E-state index contributed by atoms with van der Waals surface area (Å²) in [5.41, 5.74) is 0.657. The van der Waals surface area contributed by atoms with Crippen molar-refractivity contribution < 1.29 is 13.5 Å². The lowest BCUT2D eigenvalue weighted by Gasteiger charge is -2.24. The van der Waals surface area contributed by atoms with E-state index >= 15 is 0 Å². The van der Waals surface area contributed by atoms with Gasteiger partial charge in [-0.3, -0.25) is 4.98 Å². The highest BCUT2D eigenvalue weighted by Crippen LogP contribution is 2.34. The molecule has 1 aliphatic heterocycles. The molecule has 8 heteroatoms. The lowest BCUT2D eigenvalue weighted by Crippen LogP contribution is -2.34. The highest BCUT2D eigenvalue weighted by molar-refractivity contribution is 7.90. The number of hydrogen-bond donors (Lipinski definition) is 1. The molecule has 0 fully saturated rings. The van der Waals surface area contributed by atoms with Crippen molar-refractivity contribution in [2.45, 2.75) is 10.6 Å². The summed E-state index contributed by atoms with van der Waals surface area (Å²) < 4.78 is 23.6. The third kappa shape index (κ3) is 3.89. The van der Waals surface area contributed by atoms with Crippen LogP contribution in [0.1, 0.15) is 11.1 Å². The molecule has 0 radical (unpaired) electrons. The van der Waals surface area contributed by atoms with Crippen molar-refractivity contribution in [3.05, 3.63) is 89.2 Å². The van der Waals surface area contributed by atoms with Gasteiger partial charge in [-0.05, 0) is 60.7 Å². The average Bonchev–Trinajstić information content (AvgIpc) is 3.08. The van der Waals surface area contributed by atoms with Gasteiger partial charge < -0.3 is 10.0 Å². The van der Waals surface area contributed by atoms with Gasteiger partial charge in [0.25, 0.3) is 0 Å². The van der Waals surface area contributed by atoms with E-state index < -0.39 is 15.6 Å². The van der Waals surface area contributed by atoms with Gasteiger partial charge in [-0.15, -0.1) is 0 Å². The summed E-state index contributed by atoms with van der Waals surface area (Å²) in [5.74, 6) is 0.563. The number of aliphatic imine (C=N–C) groups is 1. The third-order valence-electron chi connectivity index (χ3n) is 4.75. The number of nitrogens with zero attached hydrogens (tertiary/aromatic N) is 3. The van der Waals surface area contributed by atoms with E-state index in [2.05, 4.69) is 9.98 Å². The minimum atomic E-state index is -3.30. The smallest absolute Gasteiger partial charge is 0.202 e. The summed E-state index contributed by atoms with van der Waals surface area (Å²) in [6.07, 6.45) is 4.38. The molecule has 1 atom stereocenters. The number of aliphatic hydroxyl groups is 1. The monoisotopic (exact) mass is 427 g/mol. The van der Waals surface area contributed by atoms with Crippen molar-refractivity contribution in [1.82, 2.24) is 4.98 Å². The van der Waals surface area contributed by atoms with Gasteiger partial charge in [-0.1, -0.05) is 11.6 Å². The van der Waals surface area contributed by atoms with Crippen molar-refractivity contribution in [2.24, 2.45) is 4.99 Å². The van der Waals surface area contributed by atoms with Gasteiger partial charge in [0.05, 0.1) is 11.4 Å². The molecule has 1 N–H and O–H groups in total. The molecule has 0 saturated carbocycles. The lowest BCUT2D eigenvalue weighted by atomic mass is 10.1. The summed E-state index contributed by atoms with van der Waals surface area (Å²) in [5, 5.41) is 11.9. The first kappa shape index (κ1) is 19.6. The maximum Gasteiger partial charge on any atom is 0.202 e. The van der Waals surface area contributed by atoms with Gasteiger partial charge in [-0.2, -0.15) is 0 Å². The van der Waals surface area contributed by atoms with Gasteiger partial charge in [0.1, 0.15) is 5.84 Å². The highest BCUT2D eigenvalue weighted by Gasteiger charge is 2.40. The topological polar surface area (TPSA) is 82.9 Å². The average molecular weight is 428 g/mol. The summed E-state index contributed by atoms with van der Waals surface area (Å²) in [4.78, 5) is 10.7. The van der Waals surface area contributed by atoms with E-state index in [9.17, 15) is 13.5 Å². The molecule has 2 aromatic carbocycles. The molecule has 0 saturated heterocycles. The zero-order chi connectivity index (χ0) is 20.6. The van der Waals surface area contributed by atoms with Crippen LogP contribution in [0.2, 0.25) is 5.02 Å². The molecule has 29 heavy (non-hydrogen) atoms. The lowest BCUT2D eigenvalue weighted by molar-refractivity contribution is 0.0647. The Hall–Kier alpha value is -2.74. The summed E-state index contributed by atoms with van der Waals surface area (Å²) in [7, 11) is -3.30. The van der Waals surface area contributed by atoms with Crippen LogP contribution in [0.3, 0.4) is 0 Å². The Kier molecular flexibility index (Phi) is 4.90. The standard InChI is InChI=1S/C21H18ClN3O3S/c1-29(27,28)19-8-6-18(7-9-19)25-14-21(26,16-10-12-23-13-11-16)24-20(25)15-2-4-17(22)5-3-15/h2-13,26H,14H2,1H3. The molecule has 0 spiro atoms. The highest BCUT2D eigenvalue weighted by atomic mass is 35.5. The van der Waals surface area contributed by atoms with E-state index in [1.54, 1.807) is 60.9 Å². The maximum absolute atomic E-state index is 11.8. The summed E-state index contributed by atoms with van der Waals surface area (Å²) >= 11 is 6.02. The van der Waals surface area contributed by atoms with Crippen LogP contribution in [0.5, 0.6) is 0 Å². The number of β-amino-alcohol motifs (C(OH)–C–C–N with tert-alkyl or cyclic N) is 1. The fraction of sp³-hybridized carbons (Fsp3) is 0.143. The second-order valence-electron chi connectivity index (χ2n) is 6.85. The Balaban J connectivity index is 1.79. The molecule has 1 unspecified atom stereocenters. The van der Waals surface area contributed by atoms with Crippen LogP contribution in [-0.4, -0.2) is 37.1 Å². The molecule has 1 aliphatic rings. The summed E-state index contributed by atoms with van der Waals surface area (Å²) in [6, 6.07) is 17.1. The Morgan fingerprint density at radius 3 is 2.21 bits per heavy atom. The van der Waals surface area contributed by atoms with Crippen LogP contribution in [0.4, 0.5) is 5.69 Å². The fourth-order valence-electron chi connectivity index (χ4n) is 3.25. The first-order chi connectivity index (χ1) is 13.8. The quantitative estimate of drug-likeness (QED) is 0.691. The normalized spacial score (nSPS) is 19.3. The van der Waals surface area contributed by atoms with Crippen LogP contribution in [0.25, 0.3) is 0 Å². The van der Waals surface area contributed by atoms with Crippen LogP contribution in [-0.2, 0) is 15.6 Å². The minimum absolute atomic E-state index is 0.174. The molecular formula is C21H18ClN3O3S. The molecule has 0 aliphatic carbocycles. The number of pyridine rings is 1. The second kappa shape index (κ2) is 7.26. The van der Waals surface area contributed by atoms with Crippen molar-refractivity contribution >= 4 is 33.0 Å². The molecule has 2 heterocycles. The Labute approximate surface area is 174 Å². The molecular weight excluding hydrogens is 410 g/mol. The maximum atomic E-state index is 11.8. The second-order valence-corrected chi connectivity index (χ2v) is 9.30. The van der Waals surface area contributed by atoms with E-state index in [-0.39, 0.29) is 11.4 Å². The Bertz CT molecular complexity index is 1160. The van der Waals surface area contributed by atoms with E-state index in [0.717, 1.165) is 11.3 Å². The molecule has 148 valence electrons. The predicted octanol–water partition coefficient (Wildman–Crippen LogP) is 3.25. The first-order valence-corrected chi connectivity index (χ1v) is 11.1. The van der Waals surface area contributed by atoms with Crippen molar-refractivity contribution in [3.63, 3.8) is 0 Å². The first-order valence-electron chi connectivity index (χ1n) is 8.83. The number of halogens is 1. The number of sulfone groups is 1. The van der Waals surface area contributed by atoms with Crippen molar-refractivity contribution in [1.29, 1.82) is 0 Å². The number of rotatable bonds is 4. The molecule has 3 aromatic rings. The number of hydrogen-bond acceptors (Lipinski definition) is 6. The number of amidine groups is 1. The van der Waals surface area contributed by atoms with E-state index in [4.69, 9.17) is 11.6 Å². The van der Waals surface area contributed by atoms with Gasteiger partial charge in [0.2, 0.25) is 5.72 Å². The molecule has 6 nitrogen and oxygen atoms in total. The number of anilines is 1. The zero-order valence-electron chi connectivity index (χ0n) is 15.5. The summed E-state index contributed by atoms with van der Waals surface area (Å²) in [6.45, 7) is 0.174. The molecule has 4 rings (SSSR count). The van der Waals surface area contributed by atoms with Crippen LogP contribution in [0.15, 0.2) is 82.9 Å². The third-order valence-corrected chi connectivity index (χ3v) is 6.13. The SMILES string of the molecule is CS(=O)(=O)c1ccc(N2CC(O)(c3ccncc3)N=C2c2ccc(Cl)cc2)cc1. The van der Waals surface area contributed by atoms with Crippen LogP contribution in [0, 0.1) is 0 Å².